The molecule has 1 aliphatic heterocycles. The first-order valence-electron chi connectivity index (χ1n) is 5.54. The van der Waals surface area contributed by atoms with Crippen molar-refractivity contribution in [3.63, 3.8) is 0 Å². The van der Waals surface area contributed by atoms with Crippen molar-refractivity contribution in [2.45, 2.75) is 6.42 Å². The molecule has 5 heteroatoms. The van der Waals surface area contributed by atoms with Crippen molar-refractivity contribution in [3.05, 3.63) is 28.2 Å². The van der Waals surface area contributed by atoms with E-state index in [-0.39, 0.29) is 0 Å². The Morgan fingerprint density at radius 1 is 1.35 bits per heavy atom. The molecular formula is C12H14BrNO3. The minimum Gasteiger partial charge on any atom is -0.478 e. The van der Waals surface area contributed by atoms with Crippen LogP contribution in [-0.2, 0) is 4.74 Å². The lowest BCUT2D eigenvalue weighted by Gasteiger charge is -2.22. The highest BCUT2D eigenvalue weighted by Gasteiger charge is 2.13. The van der Waals surface area contributed by atoms with Gasteiger partial charge in [-0.15, -0.1) is 0 Å². The zero-order valence-corrected chi connectivity index (χ0v) is 10.9. The van der Waals surface area contributed by atoms with Gasteiger partial charge in [0.15, 0.2) is 0 Å². The summed E-state index contributed by atoms with van der Waals surface area (Å²) in [7, 11) is 0. The number of hydrogen-bond acceptors (Lipinski definition) is 3. The molecule has 1 fully saturated rings. The molecule has 0 atom stereocenters. The first kappa shape index (κ1) is 12.4. The summed E-state index contributed by atoms with van der Waals surface area (Å²) in [6.07, 6.45) is 0.998. The number of carboxylic acid groups (broad SMARTS) is 1. The Labute approximate surface area is 108 Å². The second kappa shape index (κ2) is 5.51. The van der Waals surface area contributed by atoms with Crippen LogP contribution in [0, 0.1) is 0 Å². The molecular weight excluding hydrogens is 286 g/mol. The van der Waals surface area contributed by atoms with E-state index < -0.39 is 5.97 Å². The number of rotatable bonds is 2. The van der Waals surface area contributed by atoms with Crippen molar-refractivity contribution in [2.24, 2.45) is 0 Å². The summed E-state index contributed by atoms with van der Waals surface area (Å²) in [5, 5.41) is 8.95. The fraction of sp³-hybridized carbons (Fsp3) is 0.417. The van der Waals surface area contributed by atoms with Crippen molar-refractivity contribution >= 4 is 27.6 Å². The molecule has 1 aromatic rings. The second-order valence-electron chi connectivity index (χ2n) is 3.92. The van der Waals surface area contributed by atoms with E-state index in [0.717, 1.165) is 38.4 Å². The maximum Gasteiger partial charge on any atom is 0.336 e. The van der Waals surface area contributed by atoms with Gasteiger partial charge in [0.05, 0.1) is 12.2 Å². The van der Waals surface area contributed by atoms with Crippen molar-refractivity contribution in [1.29, 1.82) is 0 Å². The molecule has 4 nitrogen and oxygen atoms in total. The first-order valence-corrected chi connectivity index (χ1v) is 6.33. The summed E-state index contributed by atoms with van der Waals surface area (Å²) in [6.45, 7) is 3.31. The number of carbonyl (C=O) groups is 1. The fourth-order valence-electron chi connectivity index (χ4n) is 1.88. The van der Waals surface area contributed by atoms with E-state index in [1.807, 2.05) is 12.1 Å². The predicted molar refractivity (Wildman–Crippen MR) is 68.8 cm³/mol. The monoisotopic (exact) mass is 299 g/mol. The van der Waals surface area contributed by atoms with Crippen LogP contribution >= 0.6 is 15.9 Å². The number of ether oxygens (including phenoxy) is 1. The van der Waals surface area contributed by atoms with Gasteiger partial charge in [-0.05, 0) is 40.5 Å². The van der Waals surface area contributed by atoms with Crippen LogP contribution in [0.2, 0.25) is 0 Å². The Kier molecular flexibility index (Phi) is 4.02. The van der Waals surface area contributed by atoms with Gasteiger partial charge in [0.1, 0.15) is 0 Å². The highest BCUT2D eigenvalue weighted by Crippen LogP contribution is 2.24. The molecule has 1 heterocycles. The average Bonchev–Trinajstić information content (AvgIpc) is 2.56. The van der Waals surface area contributed by atoms with Crippen LogP contribution in [0.25, 0.3) is 0 Å². The Bertz CT molecular complexity index is 414. The smallest absolute Gasteiger partial charge is 0.336 e. The Hall–Kier alpha value is -1.07. The third-order valence-electron chi connectivity index (χ3n) is 2.77. The van der Waals surface area contributed by atoms with Crippen molar-refractivity contribution in [2.75, 3.05) is 31.2 Å². The van der Waals surface area contributed by atoms with Crippen LogP contribution in [0.1, 0.15) is 16.8 Å². The molecule has 0 aromatic heterocycles. The van der Waals surface area contributed by atoms with Gasteiger partial charge in [-0.1, -0.05) is 0 Å². The van der Waals surface area contributed by atoms with Crippen LogP contribution in [0.4, 0.5) is 5.69 Å². The third kappa shape index (κ3) is 2.98. The van der Waals surface area contributed by atoms with E-state index in [4.69, 9.17) is 9.84 Å². The Morgan fingerprint density at radius 2 is 2.18 bits per heavy atom. The lowest BCUT2D eigenvalue weighted by molar-refractivity contribution is 0.0696. The summed E-state index contributed by atoms with van der Waals surface area (Å²) < 4.78 is 6.01. The minimum absolute atomic E-state index is 0.292. The van der Waals surface area contributed by atoms with E-state index in [1.165, 1.54) is 0 Å². The highest BCUT2D eigenvalue weighted by molar-refractivity contribution is 9.10. The largest absolute Gasteiger partial charge is 0.478 e. The lowest BCUT2D eigenvalue weighted by atomic mass is 10.2. The van der Waals surface area contributed by atoms with Gasteiger partial charge in [0.2, 0.25) is 0 Å². The minimum atomic E-state index is -0.914. The molecule has 0 spiro atoms. The van der Waals surface area contributed by atoms with Gasteiger partial charge < -0.3 is 14.7 Å². The number of nitrogens with zero attached hydrogens (tertiary/aromatic N) is 1. The molecule has 17 heavy (non-hydrogen) atoms. The van der Waals surface area contributed by atoms with Gasteiger partial charge in [-0.3, -0.25) is 0 Å². The van der Waals surface area contributed by atoms with E-state index in [2.05, 4.69) is 20.8 Å². The number of carboxylic acids is 1. The molecule has 0 amide bonds. The van der Waals surface area contributed by atoms with E-state index in [1.54, 1.807) is 6.07 Å². The lowest BCUT2D eigenvalue weighted by Crippen LogP contribution is -2.25. The summed E-state index contributed by atoms with van der Waals surface area (Å²) >= 11 is 3.30. The zero-order chi connectivity index (χ0) is 12.3. The number of halogens is 1. The number of anilines is 1. The van der Waals surface area contributed by atoms with Crippen molar-refractivity contribution in [1.82, 2.24) is 0 Å². The SMILES string of the molecule is O=C(O)c1ccc(N2CCCOCC2)cc1Br. The molecule has 0 unspecified atom stereocenters. The van der Waals surface area contributed by atoms with Gasteiger partial charge in [-0.25, -0.2) is 4.79 Å². The number of hydrogen-bond donors (Lipinski definition) is 1. The van der Waals surface area contributed by atoms with Crippen LogP contribution in [0.5, 0.6) is 0 Å². The zero-order valence-electron chi connectivity index (χ0n) is 9.36. The predicted octanol–water partition coefficient (Wildman–Crippen LogP) is 2.37. The summed E-state index contributed by atoms with van der Waals surface area (Å²) in [4.78, 5) is 13.1. The van der Waals surface area contributed by atoms with Gasteiger partial charge in [-0.2, -0.15) is 0 Å². The fourth-order valence-corrected chi connectivity index (χ4v) is 2.41. The standard InChI is InChI=1S/C12H14BrNO3/c13-11-8-9(2-3-10(11)12(15)16)14-4-1-6-17-7-5-14/h2-3,8H,1,4-7H2,(H,15,16). The van der Waals surface area contributed by atoms with Crippen molar-refractivity contribution in [3.8, 4) is 0 Å². The number of aromatic carboxylic acids is 1. The van der Waals surface area contributed by atoms with Crippen LogP contribution in [0.3, 0.4) is 0 Å². The first-order chi connectivity index (χ1) is 8.18. The molecule has 1 aliphatic rings. The Balaban J connectivity index is 2.21. The molecule has 0 aliphatic carbocycles. The van der Waals surface area contributed by atoms with Gasteiger partial charge in [0, 0.05) is 29.9 Å². The van der Waals surface area contributed by atoms with Crippen LogP contribution in [0.15, 0.2) is 22.7 Å². The van der Waals surface area contributed by atoms with E-state index in [0.29, 0.717) is 10.0 Å². The van der Waals surface area contributed by atoms with Crippen LogP contribution in [-0.4, -0.2) is 37.4 Å². The maximum absolute atomic E-state index is 10.9. The molecule has 0 saturated carbocycles. The molecule has 92 valence electrons. The summed E-state index contributed by atoms with van der Waals surface area (Å²) in [6, 6.07) is 5.34. The molecule has 0 bridgehead atoms. The van der Waals surface area contributed by atoms with Gasteiger partial charge >= 0.3 is 5.97 Å². The average molecular weight is 300 g/mol. The molecule has 2 rings (SSSR count). The van der Waals surface area contributed by atoms with Crippen LogP contribution < -0.4 is 4.90 Å². The summed E-state index contributed by atoms with van der Waals surface area (Å²) in [5.41, 5.74) is 1.33. The topological polar surface area (TPSA) is 49.8 Å². The quantitative estimate of drug-likeness (QED) is 0.911. The molecule has 1 N–H and O–H groups in total. The van der Waals surface area contributed by atoms with E-state index in [9.17, 15) is 4.79 Å². The normalized spacial score (nSPS) is 16.6. The third-order valence-corrected chi connectivity index (χ3v) is 3.43. The molecule has 1 aromatic carbocycles. The van der Waals surface area contributed by atoms with Gasteiger partial charge in [0.25, 0.3) is 0 Å². The number of benzene rings is 1. The molecule has 1 saturated heterocycles. The highest BCUT2D eigenvalue weighted by atomic mass is 79.9. The van der Waals surface area contributed by atoms with Crippen molar-refractivity contribution < 1.29 is 14.6 Å². The second-order valence-corrected chi connectivity index (χ2v) is 4.78. The summed E-state index contributed by atoms with van der Waals surface area (Å²) in [5.74, 6) is -0.914. The van der Waals surface area contributed by atoms with E-state index >= 15 is 0 Å². The molecule has 0 radical (unpaired) electrons. The maximum atomic E-state index is 10.9. The Morgan fingerprint density at radius 3 is 2.88 bits per heavy atom.